The largest absolute Gasteiger partial charge is 0.368 e. The molecule has 4 nitrogen and oxygen atoms in total. The predicted molar refractivity (Wildman–Crippen MR) is 64.8 cm³/mol. The minimum Gasteiger partial charge on any atom is -0.368 e. The zero-order valence-electron chi connectivity index (χ0n) is 8.55. The van der Waals surface area contributed by atoms with E-state index in [0.29, 0.717) is 0 Å². The molecule has 0 atom stereocenters. The summed E-state index contributed by atoms with van der Waals surface area (Å²) in [5.41, 5.74) is 1.11. The number of amidine groups is 1. The summed E-state index contributed by atoms with van der Waals surface area (Å²) >= 11 is 1.64. The Bertz CT molecular complexity index is 518. The number of hydrogen-bond donors (Lipinski definition) is 1. The second-order valence-electron chi connectivity index (χ2n) is 3.39. The molecule has 5 heteroatoms. The van der Waals surface area contributed by atoms with Crippen molar-refractivity contribution in [2.45, 2.75) is 0 Å². The van der Waals surface area contributed by atoms with Crippen molar-refractivity contribution in [3.63, 3.8) is 0 Å². The lowest BCUT2D eigenvalue weighted by Crippen LogP contribution is -2.19. The molecule has 1 aliphatic heterocycles. The highest BCUT2D eigenvalue weighted by Crippen LogP contribution is 2.26. The molecule has 0 unspecified atom stereocenters. The Morgan fingerprint density at radius 1 is 1.25 bits per heavy atom. The van der Waals surface area contributed by atoms with Gasteiger partial charge in [-0.2, -0.15) is 0 Å². The normalized spacial score (nSPS) is 14.6. The minimum absolute atomic E-state index is 0.768. The zero-order valence-corrected chi connectivity index (χ0v) is 9.37. The van der Waals surface area contributed by atoms with Crippen LogP contribution in [0.2, 0.25) is 0 Å². The van der Waals surface area contributed by atoms with Crippen LogP contribution in [0.25, 0.3) is 10.7 Å². The smallest absolute Gasteiger partial charge is 0.170 e. The summed E-state index contributed by atoms with van der Waals surface area (Å²) in [6, 6.07) is 3.88. The fourth-order valence-corrected chi connectivity index (χ4v) is 2.51. The Kier molecular flexibility index (Phi) is 2.38. The topological polar surface area (TPSA) is 50.2 Å². The molecule has 1 aliphatic rings. The van der Waals surface area contributed by atoms with Crippen LogP contribution < -0.4 is 5.32 Å². The Hall–Kier alpha value is -1.75. The van der Waals surface area contributed by atoms with Crippen molar-refractivity contribution >= 4 is 17.2 Å². The SMILES string of the molecule is c1cnc(-c2sccc2C2=NCCN2)nc1. The molecule has 0 bridgehead atoms. The Balaban J connectivity index is 2.06. The Labute approximate surface area is 97.1 Å². The number of hydrogen-bond acceptors (Lipinski definition) is 5. The van der Waals surface area contributed by atoms with Gasteiger partial charge in [0.1, 0.15) is 5.84 Å². The molecule has 0 amide bonds. The average Bonchev–Trinajstić information content (AvgIpc) is 3.01. The van der Waals surface area contributed by atoms with E-state index < -0.39 is 0 Å². The highest BCUT2D eigenvalue weighted by atomic mass is 32.1. The van der Waals surface area contributed by atoms with Crippen LogP contribution >= 0.6 is 11.3 Å². The van der Waals surface area contributed by atoms with Crippen molar-refractivity contribution in [2.24, 2.45) is 4.99 Å². The highest BCUT2D eigenvalue weighted by Gasteiger charge is 2.16. The van der Waals surface area contributed by atoms with Gasteiger partial charge in [-0.05, 0) is 17.5 Å². The van der Waals surface area contributed by atoms with E-state index in [-0.39, 0.29) is 0 Å². The summed E-state index contributed by atoms with van der Waals surface area (Å²) < 4.78 is 0. The monoisotopic (exact) mass is 230 g/mol. The van der Waals surface area contributed by atoms with Crippen molar-refractivity contribution in [1.82, 2.24) is 15.3 Å². The molecule has 0 fully saturated rings. The lowest BCUT2D eigenvalue weighted by molar-refractivity contribution is 0.960. The molecule has 16 heavy (non-hydrogen) atoms. The van der Waals surface area contributed by atoms with Crippen LogP contribution in [0.3, 0.4) is 0 Å². The van der Waals surface area contributed by atoms with Crippen LogP contribution in [0.1, 0.15) is 5.56 Å². The number of aliphatic imine (C=N–C) groups is 1. The number of aromatic nitrogens is 2. The molecule has 0 aromatic carbocycles. The van der Waals surface area contributed by atoms with Gasteiger partial charge in [-0.3, -0.25) is 4.99 Å². The van der Waals surface area contributed by atoms with Gasteiger partial charge in [-0.15, -0.1) is 11.3 Å². The fourth-order valence-electron chi connectivity index (χ4n) is 1.66. The van der Waals surface area contributed by atoms with E-state index in [1.807, 2.05) is 11.4 Å². The van der Waals surface area contributed by atoms with Crippen LogP contribution in [-0.4, -0.2) is 28.9 Å². The van der Waals surface area contributed by atoms with E-state index >= 15 is 0 Å². The van der Waals surface area contributed by atoms with Crippen molar-refractivity contribution < 1.29 is 0 Å². The van der Waals surface area contributed by atoms with Crippen LogP contribution in [0.15, 0.2) is 34.9 Å². The summed E-state index contributed by atoms with van der Waals surface area (Å²) in [5.74, 6) is 1.73. The highest BCUT2D eigenvalue weighted by molar-refractivity contribution is 7.14. The number of thiophene rings is 1. The summed E-state index contributed by atoms with van der Waals surface area (Å²) in [6.45, 7) is 1.76. The molecule has 80 valence electrons. The fraction of sp³-hybridized carbons (Fsp3) is 0.182. The molecule has 2 aromatic rings. The summed E-state index contributed by atoms with van der Waals surface area (Å²) in [4.78, 5) is 14.0. The van der Waals surface area contributed by atoms with Crippen LogP contribution in [-0.2, 0) is 0 Å². The predicted octanol–water partition coefficient (Wildman–Crippen LogP) is 1.55. The van der Waals surface area contributed by atoms with Gasteiger partial charge >= 0.3 is 0 Å². The molecule has 2 aromatic heterocycles. The molecule has 0 radical (unpaired) electrons. The molecule has 0 spiro atoms. The molecule has 3 heterocycles. The first-order chi connectivity index (χ1) is 7.95. The molecule has 3 rings (SSSR count). The Morgan fingerprint density at radius 3 is 2.88 bits per heavy atom. The van der Waals surface area contributed by atoms with Gasteiger partial charge in [0.25, 0.3) is 0 Å². The summed E-state index contributed by atoms with van der Waals surface area (Å²) in [6.07, 6.45) is 3.52. The quantitative estimate of drug-likeness (QED) is 0.851. The average molecular weight is 230 g/mol. The second kappa shape index (κ2) is 4.02. The molecule has 0 saturated carbocycles. The summed E-state index contributed by atoms with van der Waals surface area (Å²) in [7, 11) is 0. The van der Waals surface area contributed by atoms with Gasteiger partial charge in [0, 0.05) is 24.5 Å². The minimum atomic E-state index is 0.768. The van der Waals surface area contributed by atoms with Crippen molar-refractivity contribution in [2.75, 3.05) is 13.1 Å². The van der Waals surface area contributed by atoms with Gasteiger partial charge in [0.2, 0.25) is 0 Å². The standard InChI is InChI=1S/C11H10N4S/c1-3-12-11(13-4-1)9-8(2-7-16-9)10-14-5-6-15-10/h1-4,7H,5-6H2,(H,14,15). The first-order valence-corrected chi connectivity index (χ1v) is 5.97. The van der Waals surface area contributed by atoms with E-state index in [4.69, 9.17) is 0 Å². The number of nitrogens with one attached hydrogen (secondary N) is 1. The van der Waals surface area contributed by atoms with Gasteiger partial charge < -0.3 is 5.32 Å². The van der Waals surface area contributed by atoms with Crippen LogP contribution in [0.5, 0.6) is 0 Å². The van der Waals surface area contributed by atoms with Gasteiger partial charge in [0.05, 0.1) is 11.4 Å². The van der Waals surface area contributed by atoms with Crippen LogP contribution in [0.4, 0.5) is 0 Å². The van der Waals surface area contributed by atoms with Crippen molar-refractivity contribution in [1.29, 1.82) is 0 Å². The molecule has 0 aliphatic carbocycles. The maximum absolute atomic E-state index is 4.42. The summed E-state index contributed by atoms with van der Waals surface area (Å²) in [5, 5.41) is 5.32. The second-order valence-corrected chi connectivity index (χ2v) is 4.31. The molecular weight excluding hydrogens is 220 g/mol. The van der Waals surface area contributed by atoms with Gasteiger partial charge in [-0.25, -0.2) is 9.97 Å². The van der Waals surface area contributed by atoms with Gasteiger partial charge in [-0.1, -0.05) is 0 Å². The molecule has 1 N–H and O–H groups in total. The van der Waals surface area contributed by atoms with Crippen molar-refractivity contribution in [3.8, 4) is 10.7 Å². The van der Waals surface area contributed by atoms with Gasteiger partial charge in [0.15, 0.2) is 5.82 Å². The van der Waals surface area contributed by atoms with Crippen LogP contribution in [0, 0.1) is 0 Å². The van der Waals surface area contributed by atoms with E-state index in [0.717, 1.165) is 35.2 Å². The Morgan fingerprint density at radius 2 is 2.12 bits per heavy atom. The molecular formula is C11H10N4S. The molecule has 0 saturated heterocycles. The van der Waals surface area contributed by atoms with E-state index in [2.05, 4.69) is 26.3 Å². The van der Waals surface area contributed by atoms with E-state index in [1.165, 1.54) is 0 Å². The van der Waals surface area contributed by atoms with E-state index in [1.54, 1.807) is 23.7 Å². The maximum atomic E-state index is 4.42. The zero-order chi connectivity index (χ0) is 10.8. The lowest BCUT2D eigenvalue weighted by atomic mass is 10.2. The first kappa shape index (κ1) is 9.47. The third-order valence-corrected chi connectivity index (χ3v) is 3.27. The first-order valence-electron chi connectivity index (χ1n) is 5.09. The lowest BCUT2D eigenvalue weighted by Gasteiger charge is -2.02. The van der Waals surface area contributed by atoms with Crippen molar-refractivity contribution in [3.05, 3.63) is 35.5 Å². The third-order valence-electron chi connectivity index (χ3n) is 2.36. The van der Waals surface area contributed by atoms with E-state index in [9.17, 15) is 0 Å². The number of rotatable bonds is 2. The maximum Gasteiger partial charge on any atom is 0.170 e. The number of nitrogens with zero attached hydrogens (tertiary/aromatic N) is 3. The third kappa shape index (κ3) is 1.59.